The molecule has 2 aromatic heterocycles. The third kappa shape index (κ3) is 6.39. The van der Waals surface area contributed by atoms with Crippen molar-refractivity contribution in [3.63, 3.8) is 0 Å². The SMILES string of the molecule is CC1O[C@H](COP(=O)(O)OP(=O)(O)OC[C@H]2O[C@@H](n3cnc4c(=O)[nH]c(N)nc43)C(O)C2O)C(O)C(O)[C@@H]1O. The number of aliphatic hydroxyl groups is 5. The number of fused-ring (bicyclic) bond motifs is 1. The molecule has 2 aromatic rings. The maximum Gasteiger partial charge on any atom is 0.481 e. The predicted octanol–water partition coefficient (Wildman–Crippen LogP) is -3.56. The molecule has 220 valence electrons. The molecule has 4 heterocycles. The van der Waals surface area contributed by atoms with E-state index < -0.39 is 89.5 Å². The minimum absolute atomic E-state index is 0.0907. The molecule has 22 heteroatoms. The minimum Gasteiger partial charge on any atom is -0.388 e. The molecule has 0 bridgehead atoms. The smallest absolute Gasteiger partial charge is 0.388 e. The molecule has 0 spiro atoms. The van der Waals surface area contributed by atoms with E-state index in [0.717, 1.165) is 10.9 Å². The van der Waals surface area contributed by atoms with Gasteiger partial charge < -0.3 is 50.5 Å². The Morgan fingerprint density at radius 2 is 1.54 bits per heavy atom. The largest absolute Gasteiger partial charge is 0.481 e. The van der Waals surface area contributed by atoms with Crippen molar-refractivity contribution in [2.75, 3.05) is 18.9 Å². The average Bonchev–Trinajstić information content (AvgIpc) is 3.38. The van der Waals surface area contributed by atoms with Crippen LogP contribution < -0.4 is 11.3 Å². The molecule has 2 saturated heterocycles. The van der Waals surface area contributed by atoms with Gasteiger partial charge in [0.1, 0.15) is 42.7 Å². The number of phosphoric acid groups is 2. The van der Waals surface area contributed by atoms with Crippen molar-refractivity contribution in [2.24, 2.45) is 0 Å². The van der Waals surface area contributed by atoms with Gasteiger partial charge in [-0.15, -0.1) is 0 Å². The van der Waals surface area contributed by atoms with E-state index in [-0.39, 0.29) is 17.1 Å². The first-order chi connectivity index (χ1) is 18.1. The highest BCUT2D eigenvalue weighted by Gasteiger charge is 2.47. The molecule has 0 amide bonds. The summed E-state index contributed by atoms with van der Waals surface area (Å²) in [6, 6.07) is 0. The van der Waals surface area contributed by atoms with Crippen LogP contribution in [0.5, 0.6) is 0 Å². The first-order valence-electron chi connectivity index (χ1n) is 11.2. The van der Waals surface area contributed by atoms with Crippen LogP contribution in [0.2, 0.25) is 0 Å². The second kappa shape index (κ2) is 11.2. The Kier molecular flexibility index (Phi) is 8.63. The maximum atomic E-state index is 12.3. The zero-order chi connectivity index (χ0) is 28.9. The number of nitrogen functional groups attached to an aromatic ring is 1. The Balaban J connectivity index is 1.35. The first-order valence-corrected chi connectivity index (χ1v) is 14.2. The predicted molar refractivity (Wildman–Crippen MR) is 123 cm³/mol. The van der Waals surface area contributed by atoms with Crippen molar-refractivity contribution in [3.05, 3.63) is 16.7 Å². The Morgan fingerprint density at radius 3 is 2.15 bits per heavy atom. The molecular formula is C17H27N5O15P2. The minimum atomic E-state index is -5.36. The Labute approximate surface area is 217 Å². The van der Waals surface area contributed by atoms with Crippen LogP contribution in [0.3, 0.4) is 0 Å². The molecule has 0 aromatic carbocycles. The average molecular weight is 603 g/mol. The van der Waals surface area contributed by atoms with Gasteiger partial charge in [-0.05, 0) is 6.92 Å². The number of aromatic nitrogens is 4. The van der Waals surface area contributed by atoms with Gasteiger partial charge in [0, 0.05) is 0 Å². The fourth-order valence-corrected chi connectivity index (χ4v) is 6.10. The molecule has 0 saturated carbocycles. The van der Waals surface area contributed by atoms with Gasteiger partial charge in [0.05, 0.1) is 25.6 Å². The summed E-state index contributed by atoms with van der Waals surface area (Å²) in [5, 5.41) is 50.2. The molecule has 0 aliphatic carbocycles. The van der Waals surface area contributed by atoms with Crippen LogP contribution in [0.1, 0.15) is 13.2 Å². The van der Waals surface area contributed by atoms with E-state index in [1.807, 2.05) is 0 Å². The summed E-state index contributed by atoms with van der Waals surface area (Å²) < 4.78 is 49.6. The van der Waals surface area contributed by atoms with Gasteiger partial charge in [-0.2, -0.15) is 9.29 Å². The third-order valence-corrected chi connectivity index (χ3v) is 8.63. The highest BCUT2D eigenvalue weighted by atomic mass is 31.3. The molecule has 7 unspecified atom stereocenters. The number of H-pyrrole nitrogens is 1. The molecule has 39 heavy (non-hydrogen) atoms. The first kappa shape index (κ1) is 30.1. The molecular weight excluding hydrogens is 576 g/mol. The lowest BCUT2D eigenvalue weighted by molar-refractivity contribution is -0.223. The molecule has 10 N–H and O–H groups in total. The number of aliphatic hydroxyl groups excluding tert-OH is 5. The second-order valence-corrected chi connectivity index (χ2v) is 11.8. The number of phosphoric ester groups is 2. The lowest BCUT2D eigenvalue weighted by Gasteiger charge is -2.39. The highest BCUT2D eigenvalue weighted by Crippen LogP contribution is 2.60. The molecule has 2 fully saturated rings. The fraction of sp³-hybridized carbons (Fsp3) is 0.706. The number of nitrogens with two attached hydrogens (primary N) is 1. The zero-order valence-corrected chi connectivity index (χ0v) is 21.7. The Hall–Kier alpha value is -1.87. The number of ether oxygens (including phenoxy) is 2. The third-order valence-electron chi connectivity index (χ3n) is 6.02. The van der Waals surface area contributed by atoms with Crippen molar-refractivity contribution in [2.45, 2.75) is 62.0 Å². The van der Waals surface area contributed by atoms with Crippen LogP contribution in [-0.4, -0.2) is 117 Å². The Morgan fingerprint density at radius 1 is 0.974 bits per heavy atom. The number of nitrogens with one attached hydrogen (secondary N) is 1. The van der Waals surface area contributed by atoms with Crippen molar-refractivity contribution in [3.8, 4) is 0 Å². The number of hydrogen-bond donors (Lipinski definition) is 9. The number of nitrogens with zero attached hydrogens (tertiary/aromatic N) is 3. The summed E-state index contributed by atoms with van der Waals surface area (Å²) in [6.07, 6.45) is -12.3. The van der Waals surface area contributed by atoms with Gasteiger partial charge >= 0.3 is 15.6 Å². The molecule has 2 aliphatic heterocycles. The van der Waals surface area contributed by atoms with Crippen LogP contribution in [-0.2, 0) is 32.0 Å². The highest BCUT2D eigenvalue weighted by molar-refractivity contribution is 7.61. The lowest BCUT2D eigenvalue weighted by Crippen LogP contribution is -2.57. The maximum absolute atomic E-state index is 12.3. The van der Waals surface area contributed by atoms with Gasteiger partial charge in [0.15, 0.2) is 17.4 Å². The van der Waals surface area contributed by atoms with E-state index in [0.29, 0.717) is 0 Å². The summed E-state index contributed by atoms with van der Waals surface area (Å²) in [6.45, 7) is -0.460. The number of rotatable bonds is 9. The standard InChI is InChI=1S/C17H27N5O15P2/c1-5-9(23)12(26)10(24)6(35-5)2-33-38(29,30)37-39(31,32)34-3-7-11(25)13(27)16(36-7)22-4-19-8-14(22)20-17(18)21-15(8)28/h4-7,9-13,16,23-27H,2-3H2,1H3,(H,29,30)(H,31,32)(H3,18,20,21,28)/t5?,6-,7-,9-,10?,11?,12?,13?,16-/m1/s1. The van der Waals surface area contributed by atoms with Crippen molar-refractivity contribution in [1.29, 1.82) is 0 Å². The van der Waals surface area contributed by atoms with Gasteiger partial charge in [0.25, 0.3) is 5.56 Å². The van der Waals surface area contributed by atoms with E-state index in [1.54, 1.807) is 0 Å². The van der Waals surface area contributed by atoms with E-state index in [1.165, 1.54) is 6.92 Å². The number of hydrogen-bond acceptors (Lipinski definition) is 16. The van der Waals surface area contributed by atoms with E-state index in [4.69, 9.17) is 15.2 Å². The van der Waals surface area contributed by atoms with Crippen LogP contribution in [0.25, 0.3) is 11.2 Å². The fourth-order valence-electron chi connectivity index (χ4n) is 4.01. The molecule has 2 aliphatic rings. The van der Waals surface area contributed by atoms with Crippen LogP contribution in [0.4, 0.5) is 5.95 Å². The van der Waals surface area contributed by atoms with Crippen LogP contribution >= 0.6 is 15.6 Å². The van der Waals surface area contributed by atoms with Gasteiger partial charge in [-0.25, -0.2) is 14.1 Å². The van der Waals surface area contributed by atoms with E-state index >= 15 is 0 Å². The molecule has 4 rings (SSSR count). The molecule has 0 radical (unpaired) electrons. The second-order valence-electron chi connectivity index (χ2n) is 8.78. The van der Waals surface area contributed by atoms with Crippen LogP contribution in [0, 0.1) is 0 Å². The van der Waals surface area contributed by atoms with Crippen molar-refractivity contribution < 1.29 is 67.3 Å². The topological polar surface area (TPSA) is 311 Å². The molecule has 11 atom stereocenters. The summed E-state index contributed by atoms with van der Waals surface area (Å²) >= 11 is 0. The normalized spacial score (nSPS) is 36.6. The van der Waals surface area contributed by atoms with E-state index in [9.17, 15) is 49.2 Å². The van der Waals surface area contributed by atoms with Crippen LogP contribution in [0.15, 0.2) is 11.1 Å². The number of anilines is 1. The lowest BCUT2D eigenvalue weighted by atomic mass is 9.96. The van der Waals surface area contributed by atoms with Crippen molar-refractivity contribution >= 4 is 32.8 Å². The number of imidazole rings is 1. The van der Waals surface area contributed by atoms with Crippen molar-refractivity contribution in [1.82, 2.24) is 19.5 Å². The summed E-state index contributed by atoms with van der Waals surface area (Å²) in [5.74, 6) is -0.260. The number of aromatic amines is 1. The Bertz CT molecular complexity index is 1340. The summed E-state index contributed by atoms with van der Waals surface area (Å²) in [7, 11) is -10.7. The van der Waals surface area contributed by atoms with Gasteiger partial charge in [0.2, 0.25) is 5.95 Å². The summed E-state index contributed by atoms with van der Waals surface area (Å²) in [4.78, 5) is 41.7. The van der Waals surface area contributed by atoms with Gasteiger partial charge in [-0.3, -0.25) is 23.4 Å². The monoisotopic (exact) mass is 603 g/mol. The molecule has 20 nitrogen and oxygen atoms in total. The summed E-state index contributed by atoms with van der Waals surface area (Å²) in [5.41, 5.74) is 4.62. The zero-order valence-electron chi connectivity index (χ0n) is 19.9. The van der Waals surface area contributed by atoms with E-state index in [2.05, 4.69) is 28.3 Å². The van der Waals surface area contributed by atoms with Gasteiger partial charge in [-0.1, -0.05) is 0 Å². The quantitative estimate of drug-likeness (QED) is 0.125.